The smallest absolute Gasteiger partial charge is 0.254 e. The van der Waals surface area contributed by atoms with Crippen molar-refractivity contribution in [2.24, 2.45) is 0 Å². The zero-order valence-corrected chi connectivity index (χ0v) is 25.0. The Morgan fingerprint density at radius 1 is 0.707 bits per heavy atom. The third-order valence-electron chi connectivity index (χ3n) is 8.11. The van der Waals surface area contributed by atoms with Gasteiger partial charge in [0.1, 0.15) is 6.10 Å². The van der Waals surface area contributed by atoms with Crippen LogP contribution >= 0.6 is 0 Å². The Labute approximate surface area is 243 Å². The largest absolute Gasteiger partial charge is 0.394 e. The molecule has 0 aliphatic heterocycles. The van der Waals surface area contributed by atoms with Gasteiger partial charge in [0.15, 0.2) is 5.78 Å². The van der Waals surface area contributed by atoms with E-state index in [-0.39, 0.29) is 11.2 Å². The summed E-state index contributed by atoms with van der Waals surface area (Å²) < 4.78 is 7.26. The van der Waals surface area contributed by atoms with E-state index in [0.717, 1.165) is 37.7 Å². The molecule has 0 saturated carbocycles. The van der Waals surface area contributed by atoms with Gasteiger partial charge < -0.3 is 9.41 Å². The number of hydrogen-bond donors (Lipinski definition) is 1. The molecule has 0 bridgehead atoms. The van der Waals surface area contributed by atoms with E-state index >= 15 is 0 Å². The molecule has 1 aromatic heterocycles. The van der Waals surface area contributed by atoms with E-state index in [1.807, 2.05) is 78.9 Å². The number of H-pyrrole nitrogens is 1. The third kappa shape index (κ3) is 5.05. The summed E-state index contributed by atoms with van der Waals surface area (Å²) in [5.41, 5.74) is 4.80. The number of fused-ring (bicyclic) bond motifs is 3. The molecule has 0 amide bonds. The number of rotatable bonds is 7. The average Bonchev–Trinajstić information content (AvgIpc) is 3.39. The monoisotopic (exact) mass is 553 g/mol. The maximum atomic E-state index is 14.4. The molecule has 6 aromatic rings. The van der Waals surface area contributed by atoms with Crippen molar-refractivity contribution < 1.29 is 9.22 Å². The fraction of sp³-hybridized carbons (Fsp3) is 0.162. The van der Waals surface area contributed by atoms with E-state index in [2.05, 4.69) is 80.8 Å². The van der Waals surface area contributed by atoms with Crippen molar-refractivity contribution in [1.82, 2.24) is 4.98 Å². The van der Waals surface area contributed by atoms with Crippen molar-refractivity contribution in [3.63, 3.8) is 0 Å². The molecule has 5 aromatic carbocycles. The fourth-order valence-corrected chi connectivity index (χ4v) is 8.66. The average molecular weight is 554 g/mol. The van der Waals surface area contributed by atoms with Crippen LogP contribution in [0.2, 0.25) is 6.55 Å². The number of Topliss-reactive ketones (excluding diaryl/α,β-unsaturated/α-hetero) is 1. The Kier molecular flexibility index (Phi) is 6.98. The Balaban J connectivity index is 1.57. The van der Waals surface area contributed by atoms with E-state index in [4.69, 9.17) is 4.43 Å². The summed E-state index contributed by atoms with van der Waals surface area (Å²) in [6.45, 7) is 8.89. The molecule has 0 spiro atoms. The summed E-state index contributed by atoms with van der Waals surface area (Å²) in [7, 11) is -2.84. The Hall–Kier alpha value is -4.25. The SMILES string of the molecule is CC(C)(C)c1ccc2[nH]c3c([C@H](O[Si](C)(c4ccccc4)c4ccccc4)C(=O)c4ccccc4)cccc3c2c1. The lowest BCUT2D eigenvalue weighted by atomic mass is 9.86. The minimum absolute atomic E-state index is 0.0308. The minimum Gasteiger partial charge on any atom is -0.394 e. The number of ketones is 1. The van der Waals surface area contributed by atoms with E-state index in [1.165, 1.54) is 5.56 Å². The van der Waals surface area contributed by atoms with E-state index in [0.29, 0.717) is 5.56 Å². The van der Waals surface area contributed by atoms with Crippen LogP contribution in [0.4, 0.5) is 0 Å². The van der Waals surface area contributed by atoms with Crippen LogP contribution < -0.4 is 10.4 Å². The molecule has 3 nitrogen and oxygen atoms in total. The minimum atomic E-state index is -2.84. The topological polar surface area (TPSA) is 42.1 Å². The molecule has 41 heavy (non-hydrogen) atoms. The molecule has 0 aliphatic rings. The summed E-state index contributed by atoms with van der Waals surface area (Å²) in [6.07, 6.45) is -0.798. The number of aromatic amines is 1. The molecule has 1 atom stereocenters. The molecule has 0 radical (unpaired) electrons. The summed E-state index contributed by atoms with van der Waals surface area (Å²) in [5, 5.41) is 4.50. The van der Waals surface area contributed by atoms with Gasteiger partial charge in [-0.3, -0.25) is 4.79 Å². The van der Waals surface area contributed by atoms with Gasteiger partial charge in [0.05, 0.1) is 5.52 Å². The first-order valence-corrected chi connectivity index (χ1v) is 16.6. The van der Waals surface area contributed by atoms with Crippen LogP contribution in [0.1, 0.15) is 48.4 Å². The van der Waals surface area contributed by atoms with E-state index in [1.54, 1.807) is 0 Å². The lowest BCUT2D eigenvalue weighted by molar-refractivity contribution is 0.0788. The first-order chi connectivity index (χ1) is 19.8. The first kappa shape index (κ1) is 26.9. The molecule has 4 heteroatoms. The third-order valence-corrected chi connectivity index (χ3v) is 11.7. The van der Waals surface area contributed by atoms with Crippen molar-refractivity contribution >= 4 is 46.3 Å². The Bertz CT molecular complexity index is 1780. The quantitative estimate of drug-likeness (QED) is 0.161. The lowest BCUT2D eigenvalue weighted by Gasteiger charge is -2.33. The number of benzene rings is 5. The zero-order chi connectivity index (χ0) is 28.6. The lowest BCUT2D eigenvalue weighted by Crippen LogP contribution is -2.59. The van der Waals surface area contributed by atoms with Crippen LogP contribution in [0.5, 0.6) is 0 Å². The van der Waals surface area contributed by atoms with Gasteiger partial charge >= 0.3 is 0 Å². The second kappa shape index (κ2) is 10.6. The van der Waals surface area contributed by atoms with Gasteiger partial charge in [-0.2, -0.15) is 0 Å². The maximum Gasteiger partial charge on any atom is 0.254 e. The number of aromatic nitrogens is 1. The van der Waals surface area contributed by atoms with Crippen LogP contribution in [0.25, 0.3) is 21.8 Å². The molecule has 0 saturated heterocycles. The van der Waals surface area contributed by atoms with Gasteiger partial charge in [-0.05, 0) is 40.0 Å². The van der Waals surface area contributed by atoms with Crippen LogP contribution in [-0.4, -0.2) is 19.1 Å². The van der Waals surface area contributed by atoms with Crippen molar-refractivity contribution in [3.8, 4) is 0 Å². The van der Waals surface area contributed by atoms with Crippen molar-refractivity contribution in [2.45, 2.75) is 38.8 Å². The van der Waals surface area contributed by atoms with Gasteiger partial charge in [-0.25, -0.2) is 0 Å². The first-order valence-electron chi connectivity index (χ1n) is 14.2. The molecule has 6 rings (SSSR count). The fourth-order valence-electron chi connectivity index (χ4n) is 5.69. The molecular formula is C37H35NO2Si. The van der Waals surface area contributed by atoms with Crippen LogP contribution in [0, 0.1) is 0 Å². The highest BCUT2D eigenvalue weighted by atomic mass is 28.4. The predicted molar refractivity (Wildman–Crippen MR) is 173 cm³/mol. The Morgan fingerprint density at radius 2 is 1.29 bits per heavy atom. The second-order valence-corrected chi connectivity index (χ2v) is 15.4. The molecule has 204 valence electrons. The normalized spacial score (nSPS) is 13.0. The van der Waals surface area contributed by atoms with Crippen molar-refractivity contribution in [3.05, 3.63) is 144 Å². The van der Waals surface area contributed by atoms with Gasteiger partial charge in [0.25, 0.3) is 8.32 Å². The van der Waals surface area contributed by atoms with E-state index in [9.17, 15) is 4.79 Å². The second-order valence-electron chi connectivity index (χ2n) is 11.9. The maximum absolute atomic E-state index is 14.4. The molecule has 0 aliphatic carbocycles. The molecule has 0 fully saturated rings. The number of para-hydroxylation sites is 1. The standard InChI is InChI=1S/C37H35NO2Si/c1-37(2,3)27-23-24-33-32(25-27)30-21-14-22-31(34(30)38-33)36(35(39)26-15-8-5-9-16-26)40-41(4,28-17-10-6-11-18-28)29-19-12-7-13-20-29/h5-25,36,38H,1-4H3/t36-/m0/s1. The van der Waals surface area contributed by atoms with Gasteiger partial charge in [0, 0.05) is 27.4 Å². The summed E-state index contributed by atoms with van der Waals surface area (Å²) in [4.78, 5) is 18.1. The van der Waals surface area contributed by atoms with Crippen LogP contribution in [0.3, 0.4) is 0 Å². The molecule has 0 unspecified atom stereocenters. The molecular weight excluding hydrogens is 518 g/mol. The van der Waals surface area contributed by atoms with Crippen LogP contribution in [0.15, 0.2) is 127 Å². The predicted octanol–water partition coefficient (Wildman–Crippen LogP) is 7.95. The molecule has 1 N–H and O–H groups in total. The summed E-state index contributed by atoms with van der Waals surface area (Å²) in [6, 6.07) is 43.1. The summed E-state index contributed by atoms with van der Waals surface area (Å²) >= 11 is 0. The zero-order valence-electron chi connectivity index (χ0n) is 24.0. The van der Waals surface area contributed by atoms with Gasteiger partial charge in [0.2, 0.25) is 0 Å². The number of carbonyl (C=O) groups is 1. The number of carbonyl (C=O) groups excluding carboxylic acids is 1. The van der Waals surface area contributed by atoms with Crippen molar-refractivity contribution in [2.75, 3.05) is 0 Å². The van der Waals surface area contributed by atoms with Gasteiger partial charge in [-0.1, -0.05) is 136 Å². The van der Waals surface area contributed by atoms with Crippen molar-refractivity contribution in [1.29, 1.82) is 0 Å². The highest BCUT2D eigenvalue weighted by Gasteiger charge is 2.40. The molecule has 1 heterocycles. The van der Waals surface area contributed by atoms with Crippen LogP contribution in [-0.2, 0) is 9.84 Å². The van der Waals surface area contributed by atoms with E-state index < -0.39 is 14.4 Å². The number of nitrogens with one attached hydrogen (secondary N) is 1. The summed E-state index contributed by atoms with van der Waals surface area (Å²) in [5.74, 6) is -0.0438. The van der Waals surface area contributed by atoms with Gasteiger partial charge in [-0.15, -0.1) is 0 Å². The highest BCUT2D eigenvalue weighted by molar-refractivity contribution is 6.96. The highest BCUT2D eigenvalue weighted by Crippen LogP contribution is 2.36. The number of hydrogen-bond acceptors (Lipinski definition) is 2. The Morgan fingerprint density at radius 3 is 1.88 bits per heavy atom.